The Morgan fingerprint density at radius 1 is 1.07 bits per heavy atom. The number of methoxy groups -OCH3 is 1. The number of anilines is 2. The molecule has 252 valence electrons. The Kier molecular flexibility index (Phi) is 17.2. The molecular formula is C25H31Cl3N7O10P. The second kappa shape index (κ2) is 19.6. The number of carbonyl (C=O) groups is 2. The van der Waals surface area contributed by atoms with Crippen molar-refractivity contribution in [2.45, 2.75) is 26.8 Å². The van der Waals surface area contributed by atoms with Gasteiger partial charge in [0.25, 0.3) is 5.69 Å². The lowest BCUT2D eigenvalue weighted by Crippen LogP contribution is -2.23. The molecule has 0 amide bonds. The molecule has 0 saturated carbocycles. The van der Waals surface area contributed by atoms with E-state index in [-0.39, 0.29) is 33.3 Å². The quantitative estimate of drug-likeness (QED) is 0.0618. The molecule has 0 aliphatic carbocycles. The first-order valence-electron chi connectivity index (χ1n) is 12.8. The number of nitro benzene ring substituents is 1. The van der Waals surface area contributed by atoms with E-state index in [1.54, 1.807) is 12.1 Å². The minimum Gasteiger partial charge on any atom is -0.480 e. The number of hydrogen-bond acceptors (Lipinski definition) is 13. The van der Waals surface area contributed by atoms with Gasteiger partial charge < -0.3 is 35.0 Å². The zero-order valence-electron chi connectivity index (χ0n) is 24.7. The molecule has 0 radical (unpaired) electrons. The monoisotopic (exact) mass is 725 g/mol. The van der Waals surface area contributed by atoms with E-state index in [1.165, 1.54) is 18.2 Å². The van der Waals surface area contributed by atoms with E-state index in [0.717, 1.165) is 19.7 Å². The van der Waals surface area contributed by atoms with Gasteiger partial charge in [-0.25, -0.2) is 4.79 Å². The fourth-order valence-corrected chi connectivity index (χ4v) is 3.93. The second-order valence-electron chi connectivity index (χ2n) is 8.83. The third kappa shape index (κ3) is 15.9. The molecule has 1 aromatic heterocycles. The Balaban J connectivity index is 0.000000379. The van der Waals surface area contributed by atoms with Crippen molar-refractivity contribution in [3.63, 3.8) is 0 Å². The van der Waals surface area contributed by atoms with Crippen molar-refractivity contribution in [3.05, 3.63) is 67.4 Å². The molecule has 17 nitrogen and oxygen atoms in total. The van der Waals surface area contributed by atoms with E-state index in [4.69, 9.17) is 54.4 Å². The first kappa shape index (κ1) is 40.2. The molecule has 0 aliphatic rings. The number of carboxylic acids is 1. The highest BCUT2D eigenvalue weighted by Crippen LogP contribution is 2.34. The summed E-state index contributed by atoms with van der Waals surface area (Å²) in [4.78, 5) is 60.0. The van der Waals surface area contributed by atoms with Crippen molar-refractivity contribution in [3.8, 4) is 11.5 Å². The van der Waals surface area contributed by atoms with Crippen LogP contribution >= 0.6 is 42.4 Å². The number of nitro groups is 1. The van der Waals surface area contributed by atoms with Crippen LogP contribution in [0.5, 0.6) is 11.5 Å². The molecule has 0 bridgehead atoms. The second-order valence-corrected chi connectivity index (χ2v) is 11.7. The minimum absolute atomic E-state index is 0.194. The van der Waals surface area contributed by atoms with Crippen LogP contribution in [0.2, 0.25) is 15.3 Å². The summed E-state index contributed by atoms with van der Waals surface area (Å²) >= 11 is 17.5. The van der Waals surface area contributed by atoms with Gasteiger partial charge in [0, 0.05) is 29.7 Å². The topological polar surface area (TPSA) is 248 Å². The lowest BCUT2D eigenvalue weighted by molar-refractivity contribution is -0.385. The Morgan fingerprint density at radius 3 is 2.24 bits per heavy atom. The fraction of sp³-hybridized carbons (Fsp3) is 0.320. The summed E-state index contributed by atoms with van der Waals surface area (Å²) in [6.07, 6.45) is -0.598. The van der Waals surface area contributed by atoms with Crippen molar-refractivity contribution in [1.82, 2.24) is 20.3 Å². The Bertz CT molecular complexity index is 1550. The molecule has 3 rings (SSSR count). The van der Waals surface area contributed by atoms with Crippen LogP contribution in [-0.2, 0) is 14.1 Å². The first-order chi connectivity index (χ1) is 21.4. The average molecular weight is 727 g/mol. The number of benzene rings is 2. The number of esters is 1. The van der Waals surface area contributed by atoms with Crippen molar-refractivity contribution in [2.24, 2.45) is 0 Å². The van der Waals surface area contributed by atoms with Crippen molar-refractivity contribution < 1.29 is 43.4 Å². The summed E-state index contributed by atoms with van der Waals surface area (Å²) in [6, 6.07) is 8.61. The predicted octanol–water partition coefficient (Wildman–Crippen LogP) is 5.05. The average Bonchev–Trinajstić information content (AvgIpc) is 2.93. The number of aliphatic carboxylic acids is 1. The van der Waals surface area contributed by atoms with Gasteiger partial charge in [0.2, 0.25) is 17.2 Å². The maximum absolute atomic E-state index is 11.6. The zero-order valence-corrected chi connectivity index (χ0v) is 27.9. The number of aromatic nitrogens is 3. The molecule has 0 atom stereocenters. The van der Waals surface area contributed by atoms with Crippen molar-refractivity contribution >= 4 is 71.9 Å². The number of nitrogens with one attached hydrogen (secondary N) is 3. The maximum atomic E-state index is 11.6. The Morgan fingerprint density at radius 2 is 1.72 bits per heavy atom. The fourth-order valence-electron chi connectivity index (χ4n) is 2.91. The molecule has 1 heterocycles. The highest BCUT2D eigenvalue weighted by atomic mass is 35.5. The Labute approximate surface area is 277 Å². The number of nitrogens with zero attached hydrogens (tertiary/aromatic N) is 4. The normalized spacial score (nSPS) is 10.5. The van der Waals surface area contributed by atoms with E-state index in [1.807, 2.05) is 20.8 Å². The first-order valence-corrected chi connectivity index (χ1v) is 15.8. The zero-order chi connectivity index (χ0) is 35.0. The van der Waals surface area contributed by atoms with Crippen LogP contribution in [0.3, 0.4) is 0 Å². The molecule has 2 aromatic carbocycles. The molecular weight excluding hydrogens is 696 g/mol. The lowest BCUT2D eigenvalue weighted by Gasteiger charge is -2.09. The number of ether oxygens (including phenoxy) is 2. The van der Waals surface area contributed by atoms with Crippen molar-refractivity contribution in [1.29, 1.82) is 0 Å². The molecule has 0 aliphatic heterocycles. The summed E-state index contributed by atoms with van der Waals surface area (Å²) in [5.41, 5.74) is -0.587. The van der Waals surface area contributed by atoms with Crippen LogP contribution in [0.1, 0.15) is 31.1 Å². The number of rotatable bonds is 12. The highest BCUT2D eigenvalue weighted by Gasteiger charge is 2.22. The third-order valence-electron chi connectivity index (χ3n) is 4.65. The van der Waals surface area contributed by atoms with Crippen LogP contribution in [-0.4, -0.2) is 79.2 Å². The van der Waals surface area contributed by atoms with E-state index in [2.05, 4.69) is 35.6 Å². The van der Waals surface area contributed by atoms with E-state index < -0.39 is 37.3 Å². The molecule has 6 N–H and O–H groups in total. The summed E-state index contributed by atoms with van der Waals surface area (Å²) in [6.45, 7) is 6.29. The third-order valence-corrected chi connectivity index (χ3v) is 5.98. The molecule has 3 aromatic rings. The van der Waals surface area contributed by atoms with Crippen molar-refractivity contribution in [2.75, 3.05) is 37.1 Å². The molecule has 0 unspecified atom stereocenters. The van der Waals surface area contributed by atoms with E-state index in [0.29, 0.717) is 22.7 Å². The number of halogens is 3. The molecule has 0 fully saturated rings. The van der Waals surface area contributed by atoms with Gasteiger partial charge in [0.1, 0.15) is 17.1 Å². The van der Waals surface area contributed by atoms with Gasteiger partial charge in [0.15, 0.2) is 0 Å². The number of carbonyl (C=O) groups excluding carboxylic acids is 1. The van der Waals surface area contributed by atoms with Gasteiger partial charge in [-0.05, 0) is 56.6 Å². The molecule has 0 spiro atoms. The van der Waals surface area contributed by atoms with Gasteiger partial charge in [-0.2, -0.15) is 15.0 Å². The SMILES string of the molecule is CCNc1nc(Cl)nc(NC(C)C)n1.COC(=O)c1cc(Oc2ccc(Cl)cc2Cl)ccc1[N+](=O)[O-].O=C(O)CNCP(=O)(O)O. The Hall–Kier alpha value is -3.83. The van der Waals surface area contributed by atoms with Crippen LogP contribution in [0.15, 0.2) is 36.4 Å². The standard InChI is InChI=1S/C14H9Cl2NO5.C8H14ClN5.C3H8NO5P/c1-21-14(18)10-7-9(3-4-12(10)17(19)20)22-13-5-2-8(15)6-11(13)16;1-4-10-7-12-6(9)13-8(14-7)11-5(2)3;5-3(6)1-4-2-10(7,8)9/h2-7H,1H3;5H,4H2,1-3H3,(H2,10,11,12,13,14);4H,1-2H2,(H,5,6)(H2,7,8,9). The van der Waals surface area contributed by atoms with E-state index >= 15 is 0 Å². The maximum Gasteiger partial charge on any atom is 0.345 e. The number of carboxylic acid groups (broad SMARTS) is 1. The molecule has 0 saturated heterocycles. The van der Waals surface area contributed by atoms with Gasteiger partial charge in [-0.1, -0.05) is 23.2 Å². The minimum atomic E-state index is -4.10. The van der Waals surface area contributed by atoms with Gasteiger partial charge >= 0.3 is 19.5 Å². The van der Waals surface area contributed by atoms with Gasteiger partial charge in [0.05, 0.1) is 29.9 Å². The van der Waals surface area contributed by atoms with Gasteiger partial charge in [-0.3, -0.25) is 24.8 Å². The van der Waals surface area contributed by atoms with Gasteiger partial charge in [-0.15, -0.1) is 0 Å². The summed E-state index contributed by atoms with van der Waals surface area (Å²) in [7, 11) is -2.96. The number of hydrogen-bond donors (Lipinski definition) is 6. The smallest absolute Gasteiger partial charge is 0.345 e. The molecule has 46 heavy (non-hydrogen) atoms. The highest BCUT2D eigenvalue weighted by molar-refractivity contribution is 7.51. The van der Waals surface area contributed by atoms with Crippen LogP contribution < -0.4 is 20.7 Å². The van der Waals surface area contributed by atoms with Crippen LogP contribution in [0.4, 0.5) is 17.6 Å². The summed E-state index contributed by atoms with van der Waals surface area (Å²) < 4.78 is 20.1. The molecule has 21 heteroatoms. The lowest BCUT2D eigenvalue weighted by atomic mass is 10.1. The summed E-state index contributed by atoms with van der Waals surface area (Å²) in [5.74, 6) is -0.481. The van der Waals surface area contributed by atoms with Crippen LogP contribution in [0.25, 0.3) is 0 Å². The predicted molar refractivity (Wildman–Crippen MR) is 171 cm³/mol. The largest absolute Gasteiger partial charge is 0.480 e. The summed E-state index contributed by atoms with van der Waals surface area (Å²) in [5, 5.41) is 27.9. The van der Waals surface area contributed by atoms with E-state index in [9.17, 15) is 24.3 Å². The van der Waals surface area contributed by atoms with Crippen LogP contribution in [0, 0.1) is 10.1 Å².